The molecule has 0 aliphatic rings. The minimum absolute atomic E-state index is 0.138. The second-order valence-electron chi connectivity index (χ2n) is 7.68. The Bertz CT molecular complexity index is 1540. The molecule has 0 spiro atoms. The number of phenolic OH excluding ortho intramolecular Hbond substituents is 1. The number of fused-ring (bicyclic) bond motifs is 1. The first kappa shape index (κ1) is 23.1. The van der Waals surface area contributed by atoms with Crippen molar-refractivity contribution >= 4 is 26.9 Å². The minimum atomic E-state index is -4.14. The maximum Gasteiger partial charge on any atom is 0.512 e. The fourth-order valence-electron chi connectivity index (χ4n) is 3.73. The summed E-state index contributed by atoms with van der Waals surface area (Å²) in [5.41, 5.74) is 2.12. The van der Waals surface area contributed by atoms with Crippen molar-refractivity contribution in [2.45, 2.75) is 23.6 Å². The van der Waals surface area contributed by atoms with Gasteiger partial charge >= 0.3 is 6.16 Å². The highest BCUT2D eigenvalue weighted by Crippen LogP contribution is 2.39. The molecule has 8 nitrogen and oxygen atoms in total. The number of carboxylic acid groups (broad SMARTS) is 1. The van der Waals surface area contributed by atoms with Crippen LogP contribution in [0.25, 0.3) is 10.9 Å². The molecule has 0 radical (unpaired) electrons. The lowest BCUT2D eigenvalue weighted by molar-refractivity contribution is 0.141. The Kier molecular flexibility index (Phi) is 5.70. The molecular weight excluding hydrogens is 465 g/mol. The molecule has 2 N–H and O–H groups in total. The number of ether oxygens (including phenoxy) is 2. The van der Waals surface area contributed by atoms with Gasteiger partial charge < -0.3 is 24.3 Å². The van der Waals surface area contributed by atoms with Gasteiger partial charge in [0.2, 0.25) is 15.7 Å². The summed E-state index contributed by atoms with van der Waals surface area (Å²) in [7, 11) is -2.47. The maximum atomic E-state index is 13.2. The summed E-state index contributed by atoms with van der Waals surface area (Å²) in [5, 5.41) is 19.9. The summed E-state index contributed by atoms with van der Waals surface area (Å²) in [5.74, 6) is -0.323. The predicted molar refractivity (Wildman–Crippen MR) is 121 cm³/mol. The quantitative estimate of drug-likeness (QED) is 0.290. The number of sulfone groups is 1. The Morgan fingerprint density at radius 3 is 2.35 bits per heavy atom. The van der Waals surface area contributed by atoms with E-state index in [1.807, 2.05) is 0 Å². The van der Waals surface area contributed by atoms with E-state index in [1.165, 1.54) is 18.2 Å². The summed E-state index contributed by atoms with van der Waals surface area (Å²) >= 11 is 0. The number of aryl methyl sites for hydroxylation is 3. The van der Waals surface area contributed by atoms with E-state index in [2.05, 4.69) is 0 Å². The number of rotatable bonds is 5. The van der Waals surface area contributed by atoms with E-state index >= 15 is 0 Å². The Morgan fingerprint density at radius 2 is 1.71 bits per heavy atom. The zero-order valence-corrected chi connectivity index (χ0v) is 19.2. The Hall–Kier alpha value is -4.05. The lowest BCUT2D eigenvalue weighted by Gasteiger charge is -2.15. The van der Waals surface area contributed by atoms with Crippen LogP contribution in [0.1, 0.15) is 11.1 Å². The topological polar surface area (TPSA) is 115 Å². The van der Waals surface area contributed by atoms with Crippen molar-refractivity contribution in [3.8, 4) is 23.1 Å². The number of aromatic nitrogens is 1. The number of nitrogens with zero attached hydrogens (tertiary/aromatic N) is 1. The van der Waals surface area contributed by atoms with Crippen LogP contribution in [0.2, 0.25) is 0 Å². The minimum Gasteiger partial charge on any atom is -0.507 e. The molecule has 1 heterocycles. The van der Waals surface area contributed by atoms with Gasteiger partial charge in [-0.1, -0.05) is 0 Å². The monoisotopic (exact) mass is 485 g/mol. The second kappa shape index (κ2) is 8.38. The highest BCUT2D eigenvalue weighted by Gasteiger charge is 2.23. The number of carbonyl (C=O) groups is 1. The first-order valence-corrected chi connectivity index (χ1v) is 11.5. The Morgan fingerprint density at radius 1 is 1.03 bits per heavy atom. The van der Waals surface area contributed by atoms with Crippen LogP contribution < -0.4 is 9.47 Å². The summed E-state index contributed by atoms with van der Waals surface area (Å²) in [6, 6.07) is 11.5. The van der Waals surface area contributed by atoms with Gasteiger partial charge in [0, 0.05) is 30.1 Å². The van der Waals surface area contributed by atoms with Crippen molar-refractivity contribution in [3.05, 3.63) is 71.5 Å². The van der Waals surface area contributed by atoms with Gasteiger partial charge in [-0.2, -0.15) is 0 Å². The van der Waals surface area contributed by atoms with Crippen molar-refractivity contribution in [2.24, 2.45) is 7.05 Å². The zero-order valence-electron chi connectivity index (χ0n) is 18.4. The summed E-state index contributed by atoms with van der Waals surface area (Å²) in [4.78, 5) is 10.4. The molecule has 3 aromatic carbocycles. The molecular formula is C24H20FNO7S. The van der Waals surface area contributed by atoms with Crippen molar-refractivity contribution in [1.82, 2.24) is 4.57 Å². The van der Waals surface area contributed by atoms with Crippen LogP contribution in [0.4, 0.5) is 9.18 Å². The molecule has 0 fully saturated rings. The van der Waals surface area contributed by atoms with E-state index in [0.29, 0.717) is 22.3 Å². The number of phenols is 1. The molecule has 0 aliphatic carbocycles. The van der Waals surface area contributed by atoms with E-state index < -0.39 is 27.6 Å². The third-order valence-corrected chi connectivity index (χ3v) is 7.25. The summed E-state index contributed by atoms with van der Waals surface area (Å²) < 4.78 is 51.7. The van der Waals surface area contributed by atoms with E-state index in [0.717, 1.165) is 29.8 Å². The van der Waals surface area contributed by atoms with Crippen LogP contribution in [0.3, 0.4) is 0 Å². The van der Waals surface area contributed by atoms with Crippen molar-refractivity contribution in [1.29, 1.82) is 0 Å². The zero-order chi connectivity index (χ0) is 24.8. The molecule has 10 heteroatoms. The van der Waals surface area contributed by atoms with E-state index in [4.69, 9.17) is 14.6 Å². The van der Waals surface area contributed by atoms with Crippen LogP contribution in [0.5, 0.6) is 23.1 Å². The number of hydrogen-bond donors (Lipinski definition) is 2. The van der Waals surface area contributed by atoms with E-state index in [1.54, 1.807) is 37.6 Å². The molecule has 4 rings (SSSR count). The van der Waals surface area contributed by atoms with Crippen molar-refractivity contribution in [3.63, 3.8) is 0 Å². The lowest BCUT2D eigenvalue weighted by Crippen LogP contribution is -2.06. The first-order valence-electron chi connectivity index (χ1n) is 10.0. The Balaban J connectivity index is 1.77. The number of aromatic hydroxyl groups is 1. The van der Waals surface area contributed by atoms with Gasteiger partial charge in [-0.15, -0.1) is 0 Å². The van der Waals surface area contributed by atoms with Crippen LogP contribution in [-0.2, 0) is 16.9 Å². The normalized spacial score (nSPS) is 11.5. The van der Waals surface area contributed by atoms with Crippen LogP contribution in [0, 0.1) is 19.7 Å². The van der Waals surface area contributed by atoms with Crippen LogP contribution in [0.15, 0.2) is 64.4 Å². The molecule has 0 atom stereocenters. The van der Waals surface area contributed by atoms with Crippen LogP contribution in [-0.4, -0.2) is 29.4 Å². The van der Waals surface area contributed by atoms with Crippen LogP contribution >= 0.6 is 0 Å². The van der Waals surface area contributed by atoms with Gasteiger partial charge in [-0.3, -0.25) is 0 Å². The van der Waals surface area contributed by atoms with E-state index in [-0.39, 0.29) is 21.4 Å². The highest BCUT2D eigenvalue weighted by atomic mass is 32.2. The summed E-state index contributed by atoms with van der Waals surface area (Å²) in [6.07, 6.45) is -1.43. The molecule has 0 unspecified atom stereocenters. The molecule has 0 saturated heterocycles. The fourth-order valence-corrected chi connectivity index (χ4v) is 5.10. The maximum absolute atomic E-state index is 13.2. The number of benzene rings is 3. The average Bonchev–Trinajstić information content (AvgIpc) is 3.07. The van der Waals surface area contributed by atoms with Gasteiger partial charge in [-0.25, -0.2) is 17.6 Å². The molecule has 34 heavy (non-hydrogen) atoms. The molecule has 4 aromatic rings. The van der Waals surface area contributed by atoms with Gasteiger partial charge in [0.05, 0.1) is 10.4 Å². The number of halogens is 1. The fraction of sp³-hybridized carbons (Fsp3) is 0.125. The van der Waals surface area contributed by atoms with Gasteiger partial charge in [0.15, 0.2) is 0 Å². The molecule has 1 aromatic heterocycles. The molecule has 0 amide bonds. The molecule has 0 bridgehead atoms. The third-order valence-electron chi connectivity index (χ3n) is 5.45. The third kappa shape index (κ3) is 4.03. The van der Waals surface area contributed by atoms with Crippen molar-refractivity contribution < 1.29 is 37.3 Å². The van der Waals surface area contributed by atoms with Gasteiger partial charge in [0.25, 0.3) is 0 Å². The summed E-state index contributed by atoms with van der Waals surface area (Å²) in [6.45, 7) is 3.58. The molecule has 176 valence electrons. The number of hydrogen-bond acceptors (Lipinski definition) is 6. The lowest BCUT2D eigenvalue weighted by atomic mass is 10.1. The SMILES string of the molecule is Cc1cc2c(cc(OC(=O)O)n2C)c(C)c1Oc1ccc(O)c(S(=O)(=O)c2ccc(F)cc2)c1. The highest BCUT2D eigenvalue weighted by molar-refractivity contribution is 7.91. The first-order chi connectivity index (χ1) is 16.0. The van der Waals surface area contributed by atoms with Crippen molar-refractivity contribution in [2.75, 3.05) is 0 Å². The molecule has 0 aliphatic heterocycles. The predicted octanol–water partition coefficient (Wildman–Crippen LogP) is 5.32. The van der Waals surface area contributed by atoms with Gasteiger partial charge in [-0.05, 0) is 61.9 Å². The smallest absolute Gasteiger partial charge is 0.507 e. The van der Waals surface area contributed by atoms with Gasteiger partial charge in [0.1, 0.15) is 28.0 Å². The second-order valence-corrected chi connectivity index (χ2v) is 9.60. The molecule has 0 saturated carbocycles. The average molecular weight is 485 g/mol. The standard InChI is InChI=1S/C24H20FNO7S/c1-13-10-19-18(12-22(26(19)3)33-24(28)29)14(2)23(13)32-16-6-9-20(27)21(11-16)34(30,31)17-7-4-15(25)5-8-17/h4-12,27H,1-3H3,(H,28,29). The largest absolute Gasteiger partial charge is 0.512 e. The Labute approximate surface area is 194 Å². The van der Waals surface area contributed by atoms with E-state index in [9.17, 15) is 22.7 Å².